The Kier molecular flexibility index (Phi) is 2.66. The van der Waals surface area contributed by atoms with Gasteiger partial charge in [0.2, 0.25) is 0 Å². The number of carboxylic acids is 1. The van der Waals surface area contributed by atoms with Gasteiger partial charge in [0, 0.05) is 0 Å². The maximum Gasteiger partial charge on any atom is 0.324 e. The van der Waals surface area contributed by atoms with E-state index in [4.69, 9.17) is 0 Å². The molecule has 13 heavy (non-hydrogen) atoms. The molecule has 0 radical (unpaired) electrons. The number of hydrogen-bond donors (Lipinski definition) is 2. The molecule has 0 saturated heterocycles. The van der Waals surface area contributed by atoms with Crippen LogP contribution in [-0.4, -0.2) is 23.2 Å². The molecule has 1 fully saturated rings. The minimum absolute atomic E-state index is 0.130. The van der Waals surface area contributed by atoms with Gasteiger partial charge < -0.3 is 10.4 Å². The summed E-state index contributed by atoms with van der Waals surface area (Å²) in [7, 11) is 0. The van der Waals surface area contributed by atoms with Gasteiger partial charge in [-0.25, -0.2) is 0 Å². The molecule has 0 aromatic rings. The number of aliphatic carboxylic acids is 1. The first-order valence-electron chi connectivity index (χ1n) is 4.95. The highest BCUT2D eigenvalue weighted by Gasteiger charge is 2.53. The van der Waals surface area contributed by atoms with Gasteiger partial charge >= 0.3 is 5.97 Å². The Balaban J connectivity index is 2.96. The van der Waals surface area contributed by atoms with E-state index in [9.17, 15) is 9.90 Å². The lowest BCUT2D eigenvalue weighted by atomic mass is 9.75. The van der Waals surface area contributed by atoms with Crippen LogP contribution in [0.5, 0.6) is 0 Å². The predicted octanol–water partition coefficient (Wildman–Crippen LogP) is 1.63. The Morgan fingerprint density at radius 3 is 2.38 bits per heavy atom. The van der Waals surface area contributed by atoms with Gasteiger partial charge in [-0.3, -0.25) is 4.79 Å². The molecule has 1 rings (SSSR count). The quantitative estimate of drug-likeness (QED) is 0.702. The van der Waals surface area contributed by atoms with Crippen molar-refractivity contribution in [1.82, 2.24) is 5.32 Å². The molecular formula is C10H19NO2. The van der Waals surface area contributed by atoms with Crippen LogP contribution in [0, 0.1) is 5.41 Å². The van der Waals surface area contributed by atoms with Gasteiger partial charge in [0.05, 0.1) is 0 Å². The average molecular weight is 185 g/mol. The van der Waals surface area contributed by atoms with Crippen molar-refractivity contribution in [2.24, 2.45) is 5.41 Å². The first kappa shape index (κ1) is 10.5. The standard InChI is InChI=1S/C10H19NO2/c1-4-11-10(8(12)13)7-5-6-9(10,2)3/h11H,4-7H2,1-3H3,(H,12,13). The minimum Gasteiger partial charge on any atom is -0.480 e. The zero-order valence-electron chi connectivity index (χ0n) is 8.68. The van der Waals surface area contributed by atoms with E-state index in [2.05, 4.69) is 5.32 Å². The van der Waals surface area contributed by atoms with Crippen LogP contribution in [0.2, 0.25) is 0 Å². The summed E-state index contributed by atoms with van der Waals surface area (Å²) in [6.45, 7) is 6.75. The average Bonchev–Trinajstić information content (AvgIpc) is 2.28. The van der Waals surface area contributed by atoms with Crippen LogP contribution in [0.4, 0.5) is 0 Å². The Hall–Kier alpha value is -0.570. The monoisotopic (exact) mass is 185 g/mol. The van der Waals surface area contributed by atoms with Crippen LogP contribution < -0.4 is 5.32 Å². The molecule has 0 spiro atoms. The minimum atomic E-state index is -0.697. The van der Waals surface area contributed by atoms with E-state index in [-0.39, 0.29) is 5.41 Å². The van der Waals surface area contributed by atoms with Gasteiger partial charge in [-0.2, -0.15) is 0 Å². The van der Waals surface area contributed by atoms with Crippen LogP contribution in [0.15, 0.2) is 0 Å². The van der Waals surface area contributed by atoms with Crippen molar-refractivity contribution in [3.05, 3.63) is 0 Å². The molecule has 1 saturated carbocycles. The van der Waals surface area contributed by atoms with E-state index in [0.717, 1.165) is 25.8 Å². The fourth-order valence-corrected chi connectivity index (χ4v) is 2.45. The number of hydrogen-bond acceptors (Lipinski definition) is 2. The van der Waals surface area contributed by atoms with Gasteiger partial charge in [-0.1, -0.05) is 27.2 Å². The van der Waals surface area contributed by atoms with Crippen molar-refractivity contribution in [3.63, 3.8) is 0 Å². The predicted molar refractivity (Wildman–Crippen MR) is 51.7 cm³/mol. The van der Waals surface area contributed by atoms with Gasteiger partial charge in [-0.15, -0.1) is 0 Å². The summed E-state index contributed by atoms with van der Waals surface area (Å²) in [6, 6.07) is 0. The summed E-state index contributed by atoms with van der Waals surface area (Å²) in [5, 5.41) is 12.4. The van der Waals surface area contributed by atoms with Crippen molar-refractivity contribution in [2.75, 3.05) is 6.54 Å². The highest BCUT2D eigenvalue weighted by atomic mass is 16.4. The van der Waals surface area contributed by atoms with Crippen LogP contribution in [0.3, 0.4) is 0 Å². The van der Waals surface area contributed by atoms with Crippen LogP contribution in [0.25, 0.3) is 0 Å². The van der Waals surface area contributed by atoms with Crippen molar-refractivity contribution >= 4 is 5.97 Å². The fourth-order valence-electron chi connectivity index (χ4n) is 2.45. The zero-order chi connectivity index (χ0) is 10.1. The van der Waals surface area contributed by atoms with Gasteiger partial charge in [0.15, 0.2) is 0 Å². The molecule has 0 amide bonds. The SMILES string of the molecule is CCNC1(C(=O)O)CCCC1(C)C. The first-order chi connectivity index (χ1) is 5.96. The smallest absolute Gasteiger partial charge is 0.324 e. The maximum atomic E-state index is 11.3. The normalized spacial score (nSPS) is 31.9. The molecule has 0 bridgehead atoms. The molecular weight excluding hydrogens is 166 g/mol. The van der Waals surface area contributed by atoms with E-state index < -0.39 is 11.5 Å². The van der Waals surface area contributed by atoms with Crippen molar-refractivity contribution in [3.8, 4) is 0 Å². The molecule has 2 N–H and O–H groups in total. The lowest BCUT2D eigenvalue weighted by molar-refractivity contribution is -0.149. The van der Waals surface area contributed by atoms with Gasteiger partial charge in [0.25, 0.3) is 0 Å². The highest BCUT2D eigenvalue weighted by molar-refractivity contribution is 5.80. The Morgan fingerprint density at radius 2 is 2.08 bits per heavy atom. The molecule has 0 aromatic heterocycles. The van der Waals surface area contributed by atoms with Crippen LogP contribution in [0.1, 0.15) is 40.0 Å². The zero-order valence-corrected chi connectivity index (χ0v) is 8.68. The largest absolute Gasteiger partial charge is 0.480 e. The molecule has 1 aliphatic rings. The number of carbonyl (C=O) groups is 1. The number of likely N-dealkylation sites (N-methyl/N-ethyl adjacent to an activating group) is 1. The van der Waals surface area contributed by atoms with Gasteiger partial charge in [-0.05, 0) is 24.8 Å². The number of rotatable bonds is 3. The lowest BCUT2D eigenvalue weighted by Gasteiger charge is -2.38. The third-order valence-corrected chi connectivity index (χ3v) is 3.35. The molecule has 1 unspecified atom stereocenters. The fraction of sp³-hybridized carbons (Fsp3) is 0.900. The maximum absolute atomic E-state index is 11.3. The second kappa shape index (κ2) is 3.29. The Labute approximate surface area is 79.5 Å². The molecule has 3 heteroatoms. The van der Waals surface area contributed by atoms with Crippen molar-refractivity contribution in [2.45, 2.75) is 45.6 Å². The molecule has 76 valence electrons. The van der Waals surface area contributed by atoms with Crippen molar-refractivity contribution in [1.29, 1.82) is 0 Å². The van der Waals surface area contributed by atoms with Gasteiger partial charge in [0.1, 0.15) is 5.54 Å². The summed E-state index contributed by atoms with van der Waals surface area (Å²) in [5.74, 6) is -0.697. The summed E-state index contributed by atoms with van der Waals surface area (Å²) in [5.41, 5.74) is -0.823. The molecule has 1 aliphatic carbocycles. The summed E-state index contributed by atoms with van der Waals surface area (Å²) >= 11 is 0. The first-order valence-corrected chi connectivity index (χ1v) is 4.95. The van der Waals surface area contributed by atoms with E-state index in [1.54, 1.807) is 0 Å². The second-order valence-electron chi connectivity index (χ2n) is 4.48. The third-order valence-electron chi connectivity index (χ3n) is 3.35. The number of nitrogens with one attached hydrogen (secondary N) is 1. The summed E-state index contributed by atoms with van der Waals surface area (Å²) < 4.78 is 0. The van der Waals surface area contributed by atoms with Crippen LogP contribution in [-0.2, 0) is 4.79 Å². The molecule has 0 aliphatic heterocycles. The lowest BCUT2D eigenvalue weighted by Crippen LogP contribution is -2.58. The molecule has 0 heterocycles. The number of carboxylic acid groups (broad SMARTS) is 1. The van der Waals surface area contributed by atoms with E-state index in [1.165, 1.54) is 0 Å². The van der Waals surface area contributed by atoms with Crippen molar-refractivity contribution < 1.29 is 9.90 Å². The molecule has 3 nitrogen and oxygen atoms in total. The Bertz CT molecular complexity index is 213. The highest BCUT2D eigenvalue weighted by Crippen LogP contribution is 2.45. The topological polar surface area (TPSA) is 49.3 Å². The summed E-state index contributed by atoms with van der Waals surface area (Å²) in [6.07, 6.45) is 2.75. The molecule has 0 aromatic carbocycles. The van der Waals surface area contributed by atoms with E-state index in [0.29, 0.717) is 0 Å². The van der Waals surface area contributed by atoms with Crippen LogP contribution >= 0.6 is 0 Å². The van der Waals surface area contributed by atoms with E-state index in [1.807, 2.05) is 20.8 Å². The van der Waals surface area contributed by atoms with E-state index >= 15 is 0 Å². The Morgan fingerprint density at radius 1 is 1.46 bits per heavy atom. The third kappa shape index (κ3) is 1.46. The second-order valence-corrected chi connectivity index (χ2v) is 4.48. The molecule has 1 atom stereocenters. The summed E-state index contributed by atoms with van der Waals surface area (Å²) in [4.78, 5) is 11.3.